The van der Waals surface area contributed by atoms with Crippen LogP contribution in [0.5, 0.6) is 0 Å². The maximum atomic E-state index is 12.5. The number of urea groups is 1. The zero-order valence-corrected chi connectivity index (χ0v) is 64.2. The van der Waals surface area contributed by atoms with Gasteiger partial charge in [0.2, 0.25) is 5.91 Å². The van der Waals surface area contributed by atoms with Crippen molar-refractivity contribution in [1.29, 1.82) is 0 Å². The largest absolute Gasteiger partial charge is 0.449 e. The maximum Gasteiger partial charge on any atom is 0.410 e. The first kappa shape index (κ1) is 90.6. The van der Waals surface area contributed by atoms with Crippen LogP contribution >= 0.6 is 0 Å². The third kappa shape index (κ3) is 23.5. The quantitative estimate of drug-likeness (QED) is 0.240. The molecule has 14 nitrogen and oxygen atoms in total. The predicted molar refractivity (Wildman–Crippen MR) is 412 cm³/mol. The van der Waals surface area contributed by atoms with Gasteiger partial charge in [0.1, 0.15) is 0 Å². The first-order valence-electron chi connectivity index (χ1n) is 38.1. The molecule has 0 N–H and O–H groups in total. The van der Waals surface area contributed by atoms with Gasteiger partial charge in [-0.2, -0.15) is 0 Å². The average Bonchev–Trinajstić information content (AvgIpc) is 1.54. The summed E-state index contributed by atoms with van der Waals surface area (Å²) < 4.78 is 16.4. The van der Waals surface area contributed by atoms with Crippen molar-refractivity contribution in [3.8, 4) is 0 Å². The lowest BCUT2D eigenvalue weighted by atomic mass is 9.72. The molecule has 0 aromatic carbocycles. The fourth-order valence-electron chi connectivity index (χ4n) is 18.1. The fraction of sp³-hybridized carbons (Fsp3) is 0.940. The Morgan fingerprint density at radius 2 is 0.551 bits per heavy atom. The van der Waals surface area contributed by atoms with E-state index in [0.29, 0.717) is 131 Å². The minimum absolute atomic E-state index is 0. The normalized spacial score (nSPS) is 30.6. The standard InChI is InChI=1S/C17H31NO2.2C16H29NO2.C16H27NO.C14H26N2O.5CH4/c1-16(2,3)11-20-15(19)18-13-7-8-14(18)10-12(9-13)17(4,5)6;2*1-11(2)10-19-15(18)17-13-6-7-14(17)9-12(8-13)16(3,4)5;1-16(2,3)12-9-13-7-8-14(10-12)17(13)15(18)11-5-4-6-11;1-14(2,3)10-8-11-6-7-12(9-10)16(11)13(17)15(4)5;;;;;/h12-14H,7-11H2,1-6H3;2*11-14H,6-10H2,1-5H3;11-14H,4-10H2,1-3H3;10-12H,6-9H2,1-5H3;5*1H4. The summed E-state index contributed by atoms with van der Waals surface area (Å²) in [5.74, 6) is 5.49. The zero-order chi connectivity index (χ0) is 69.2. The van der Waals surface area contributed by atoms with Gasteiger partial charge in [-0.15, -0.1) is 0 Å². The highest BCUT2D eigenvalue weighted by Crippen LogP contribution is 2.51. The van der Waals surface area contributed by atoms with Gasteiger partial charge in [-0.05, 0) is 215 Å². The van der Waals surface area contributed by atoms with Crippen LogP contribution in [0.1, 0.15) is 337 Å². The number of carbonyl (C=O) groups excluding carboxylic acids is 5. The second kappa shape index (κ2) is 36.3. The summed E-state index contributed by atoms with van der Waals surface area (Å²) >= 11 is 0. The number of ether oxygens (including phenoxy) is 3. The van der Waals surface area contributed by atoms with E-state index < -0.39 is 0 Å². The summed E-state index contributed by atoms with van der Waals surface area (Å²) in [6, 6.07) is 4.83. The molecule has 14 heteroatoms. The summed E-state index contributed by atoms with van der Waals surface area (Å²) in [5.41, 5.74) is 1.89. The van der Waals surface area contributed by atoms with Gasteiger partial charge >= 0.3 is 24.3 Å². The van der Waals surface area contributed by atoms with Gasteiger partial charge in [-0.3, -0.25) is 4.79 Å². The summed E-state index contributed by atoms with van der Waals surface area (Å²) in [4.78, 5) is 73.8. The maximum absolute atomic E-state index is 12.5. The van der Waals surface area contributed by atoms with Gasteiger partial charge in [0, 0.05) is 80.4 Å². The number of nitrogens with zero attached hydrogens (tertiary/aromatic N) is 6. The number of piperidine rings is 5. The highest BCUT2D eigenvalue weighted by atomic mass is 16.6. The molecule has 10 bridgehead atoms. The number of fused-ring (bicyclic) bond motifs is 10. The Balaban J connectivity index is 0.000000412. The van der Waals surface area contributed by atoms with E-state index in [1.807, 2.05) is 28.8 Å². The molecule has 1 saturated carbocycles. The topological polar surface area (TPSA) is 132 Å². The Kier molecular flexibility index (Phi) is 33.6. The van der Waals surface area contributed by atoms with Gasteiger partial charge in [0.15, 0.2) is 0 Å². The van der Waals surface area contributed by atoms with E-state index in [2.05, 4.69) is 162 Å². The molecule has 10 unspecified atom stereocenters. The molecule has 10 aliphatic heterocycles. The van der Waals surface area contributed by atoms with Crippen LogP contribution in [0.25, 0.3) is 0 Å². The van der Waals surface area contributed by atoms with Gasteiger partial charge in [-0.1, -0.05) is 196 Å². The molecule has 0 aromatic rings. The fourth-order valence-corrected chi connectivity index (χ4v) is 18.1. The van der Waals surface area contributed by atoms with Crippen molar-refractivity contribution in [3.05, 3.63) is 0 Å². The predicted octanol–water partition coefficient (Wildman–Crippen LogP) is 22.3. The summed E-state index contributed by atoms with van der Waals surface area (Å²) in [6.45, 7) is 51.2. The summed E-state index contributed by atoms with van der Waals surface area (Å²) in [6.07, 6.45) is 27.0. The van der Waals surface area contributed by atoms with E-state index in [1.54, 1.807) is 4.90 Å². The molecule has 10 heterocycles. The minimum atomic E-state index is -0.0835. The molecule has 576 valence electrons. The van der Waals surface area contributed by atoms with Gasteiger partial charge in [0.05, 0.1) is 19.8 Å². The third-order valence-electron chi connectivity index (χ3n) is 24.4. The lowest BCUT2D eigenvalue weighted by molar-refractivity contribution is -0.144. The molecular weight excluding hydrogens is 1220 g/mol. The summed E-state index contributed by atoms with van der Waals surface area (Å²) in [7, 11) is 3.72. The molecule has 98 heavy (non-hydrogen) atoms. The first-order valence-corrected chi connectivity index (χ1v) is 38.1. The van der Waals surface area contributed by atoms with E-state index in [-0.39, 0.29) is 66.9 Å². The van der Waals surface area contributed by atoms with Crippen LogP contribution in [-0.4, -0.2) is 154 Å². The van der Waals surface area contributed by atoms with E-state index in [0.717, 1.165) is 119 Å². The Morgan fingerprint density at radius 3 is 0.735 bits per heavy atom. The third-order valence-corrected chi connectivity index (χ3v) is 24.4. The van der Waals surface area contributed by atoms with Crippen molar-refractivity contribution in [2.75, 3.05) is 33.9 Å². The summed E-state index contributed by atoms with van der Waals surface area (Å²) in [5, 5.41) is 0. The van der Waals surface area contributed by atoms with Crippen LogP contribution in [0.4, 0.5) is 19.2 Å². The number of hydrogen-bond donors (Lipinski definition) is 0. The van der Waals surface area contributed by atoms with Crippen molar-refractivity contribution < 1.29 is 38.2 Å². The van der Waals surface area contributed by atoms with Crippen molar-refractivity contribution in [2.24, 2.45) is 79.8 Å². The molecule has 10 atom stereocenters. The van der Waals surface area contributed by atoms with Crippen LogP contribution in [0.3, 0.4) is 0 Å². The SMILES string of the molecule is C.C.C.C.C.CC(C)(C)C1CC2CCC(C1)N2C(=O)C1CCC1.CC(C)(C)COC(=O)N1C2CCC1CC(C(C)(C)C)C2.CC(C)COC(=O)N1C2CCC1CC(C(C)(C)C)C2.CC(C)COC(=O)N1C2CCC1CC(C(C)(C)C)C2.CN(C)C(=O)N1C2CCC1CC(C(C)(C)C)C2. The molecule has 0 radical (unpaired) electrons. The van der Waals surface area contributed by atoms with Crippen molar-refractivity contribution in [3.63, 3.8) is 0 Å². The highest BCUT2D eigenvalue weighted by Gasteiger charge is 2.52. The van der Waals surface area contributed by atoms with Crippen LogP contribution in [0.2, 0.25) is 0 Å². The minimum Gasteiger partial charge on any atom is -0.449 e. The van der Waals surface area contributed by atoms with Crippen molar-refractivity contribution in [2.45, 2.75) is 398 Å². The van der Waals surface area contributed by atoms with E-state index in [1.165, 1.54) is 57.8 Å². The molecule has 0 aromatic heterocycles. The average molecular weight is 1380 g/mol. The molecule has 11 aliphatic rings. The lowest BCUT2D eigenvalue weighted by Crippen LogP contribution is -2.51. The monoisotopic (exact) mass is 1380 g/mol. The number of carbonyl (C=O) groups is 5. The number of rotatable bonds is 6. The van der Waals surface area contributed by atoms with E-state index >= 15 is 0 Å². The second-order valence-corrected chi connectivity index (χ2v) is 39.3. The van der Waals surface area contributed by atoms with Crippen molar-refractivity contribution >= 4 is 30.2 Å². The highest BCUT2D eigenvalue weighted by molar-refractivity contribution is 5.80. The lowest BCUT2D eigenvalue weighted by Gasteiger charge is -2.45. The van der Waals surface area contributed by atoms with Gasteiger partial charge < -0.3 is 43.6 Å². The molecule has 6 amide bonds. The van der Waals surface area contributed by atoms with Crippen LogP contribution in [0, 0.1) is 79.8 Å². The van der Waals surface area contributed by atoms with Crippen molar-refractivity contribution in [1.82, 2.24) is 29.4 Å². The van der Waals surface area contributed by atoms with Crippen LogP contribution < -0.4 is 0 Å². The van der Waals surface area contributed by atoms with Crippen LogP contribution in [0.15, 0.2) is 0 Å². The second-order valence-electron chi connectivity index (χ2n) is 39.3. The molecule has 11 rings (SSSR count). The molecular formula is C84H162N6O8. The Morgan fingerprint density at radius 1 is 0.337 bits per heavy atom. The van der Waals surface area contributed by atoms with E-state index in [9.17, 15) is 24.0 Å². The van der Waals surface area contributed by atoms with Gasteiger partial charge in [0.25, 0.3) is 0 Å². The molecule has 1 aliphatic carbocycles. The number of amides is 6. The van der Waals surface area contributed by atoms with E-state index in [4.69, 9.17) is 14.2 Å². The Hall–Kier alpha value is -3.45. The molecule has 11 fully saturated rings. The Bertz CT molecular complexity index is 2310. The Labute approximate surface area is 606 Å². The van der Waals surface area contributed by atoms with Gasteiger partial charge in [-0.25, -0.2) is 19.2 Å². The van der Waals surface area contributed by atoms with Crippen LogP contribution in [-0.2, 0) is 19.0 Å². The first-order chi connectivity index (χ1) is 42.9. The molecule has 10 saturated heterocycles. The number of hydrogen-bond acceptors (Lipinski definition) is 8. The zero-order valence-electron chi connectivity index (χ0n) is 64.2. The smallest absolute Gasteiger partial charge is 0.410 e. The molecule has 0 spiro atoms.